The summed E-state index contributed by atoms with van der Waals surface area (Å²) in [6, 6.07) is 0. The SMILES string of the molecule is CCN1CC2=C(CCN=C2)C1. The van der Waals surface area contributed by atoms with Crippen LogP contribution >= 0.6 is 0 Å². The summed E-state index contributed by atoms with van der Waals surface area (Å²) >= 11 is 0. The molecule has 0 atom stereocenters. The molecule has 0 fully saturated rings. The molecule has 2 rings (SSSR count). The molecule has 0 aromatic carbocycles. The zero-order valence-electron chi connectivity index (χ0n) is 7.01. The Morgan fingerprint density at radius 3 is 3.18 bits per heavy atom. The van der Waals surface area contributed by atoms with Crippen LogP contribution in [0.5, 0.6) is 0 Å². The van der Waals surface area contributed by atoms with E-state index in [1.807, 2.05) is 0 Å². The third-order valence-electron chi connectivity index (χ3n) is 2.50. The molecule has 11 heavy (non-hydrogen) atoms. The molecule has 0 radical (unpaired) electrons. The van der Waals surface area contributed by atoms with Crippen LogP contribution in [0.1, 0.15) is 13.3 Å². The predicted octanol–water partition coefficient (Wildman–Crippen LogP) is 1.09. The van der Waals surface area contributed by atoms with E-state index >= 15 is 0 Å². The van der Waals surface area contributed by atoms with Gasteiger partial charge in [-0.2, -0.15) is 0 Å². The quantitative estimate of drug-likeness (QED) is 0.546. The van der Waals surface area contributed by atoms with E-state index in [0.29, 0.717) is 0 Å². The van der Waals surface area contributed by atoms with Gasteiger partial charge in [0.15, 0.2) is 0 Å². The molecule has 2 aliphatic rings. The summed E-state index contributed by atoms with van der Waals surface area (Å²) in [5.74, 6) is 0. The molecule has 2 heteroatoms. The number of likely N-dealkylation sites (N-methyl/N-ethyl adjacent to an activating group) is 1. The van der Waals surface area contributed by atoms with E-state index in [-0.39, 0.29) is 0 Å². The van der Waals surface area contributed by atoms with Crippen LogP contribution in [0.25, 0.3) is 0 Å². The summed E-state index contributed by atoms with van der Waals surface area (Å²) in [7, 11) is 0. The lowest BCUT2D eigenvalue weighted by Gasteiger charge is -2.11. The lowest BCUT2D eigenvalue weighted by Crippen LogP contribution is -2.20. The largest absolute Gasteiger partial charge is 0.295 e. The highest BCUT2D eigenvalue weighted by Gasteiger charge is 2.20. The smallest absolute Gasteiger partial charge is 0.0427 e. The number of rotatable bonds is 1. The average molecular weight is 150 g/mol. The summed E-state index contributed by atoms with van der Waals surface area (Å²) in [4.78, 5) is 6.74. The Bertz CT molecular complexity index is 216. The van der Waals surface area contributed by atoms with E-state index in [4.69, 9.17) is 0 Å². The average Bonchev–Trinajstić information content (AvgIpc) is 2.46. The van der Waals surface area contributed by atoms with Crippen LogP contribution in [0.4, 0.5) is 0 Å². The van der Waals surface area contributed by atoms with Gasteiger partial charge in [-0.25, -0.2) is 0 Å². The molecule has 0 N–H and O–H groups in total. The second kappa shape index (κ2) is 2.78. The van der Waals surface area contributed by atoms with Crippen molar-refractivity contribution in [3.63, 3.8) is 0 Å². The number of hydrogen-bond acceptors (Lipinski definition) is 2. The maximum atomic E-state index is 4.28. The van der Waals surface area contributed by atoms with Crippen molar-refractivity contribution < 1.29 is 0 Å². The van der Waals surface area contributed by atoms with Crippen molar-refractivity contribution in [2.45, 2.75) is 13.3 Å². The lowest BCUT2D eigenvalue weighted by atomic mass is 10.1. The number of aliphatic imine (C=N–C) groups is 1. The molecule has 2 aliphatic heterocycles. The molecule has 2 nitrogen and oxygen atoms in total. The van der Waals surface area contributed by atoms with Crippen molar-refractivity contribution in [1.29, 1.82) is 0 Å². The van der Waals surface area contributed by atoms with Crippen molar-refractivity contribution in [1.82, 2.24) is 4.90 Å². The van der Waals surface area contributed by atoms with E-state index in [9.17, 15) is 0 Å². The van der Waals surface area contributed by atoms with Crippen molar-refractivity contribution in [3.8, 4) is 0 Å². The van der Waals surface area contributed by atoms with Crippen LogP contribution in [0, 0.1) is 0 Å². The van der Waals surface area contributed by atoms with Crippen LogP contribution in [-0.4, -0.2) is 37.3 Å². The zero-order chi connectivity index (χ0) is 7.68. The topological polar surface area (TPSA) is 15.6 Å². The van der Waals surface area contributed by atoms with Gasteiger partial charge in [0.05, 0.1) is 0 Å². The third-order valence-corrected chi connectivity index (χ3v) is 2.50. The van der Waals surface area contributed by atoms with Crippen molar-refractivity contribution in [2.24, 2.45) is 4.99 Å². The molecule has 0 amide bonds. The molecule has 2 heterocycles. The van der Waals surface area contributed by atoms with Crippen LogP contribution in [0.2, 0.25) is 0 Å². The molecular formula is C9H14N2. The monoisotopic (exact) mass is 150 g/mol. The van der Waals surface area contributed by atoms with Gasteiger partial charge in [-0.1, -0.05) is 6.92 Å². The number of hydrogen-bond donors (Lipinski definition) is 0. The van der Waals surface area contributed by atoms with Gasteiger partial charge in [0.1, 0.15) is 0 Å². The number of nitrogens with zero attached hydrogens (tertiary/aromatic N) is 2. The Hall–Kier alpha value is -0.630. The molecule has 0 bridgehead atoms. The first-order valence-electron chi connectivity index (χ1n) is 4.33. The van der Waals surface area contributed by atoms with Gasteiger partial charge in [0, 0.05) is 25.8 Å². The summed E-state index contributed by atoms with van der Waals surface area (Å²) in [5, 5.41) is 0. The van der Waals surface area contributed by atoms with Crippen LogP contribution < -0.4 is 0 Å². The minimum atomic E-state index is 1.01. The predicted molar refractivity (Wildman–Crippen MR) is 47.1 cm³/mol. The Balaban J connectivity index is 2.10. The first kappa shape index (κ1) is 7.04. The molecule has 0 aromatic heterocycles. The van der Waals surface area contributed by atoms with E-state index in [2.05, 4.69) is 23.0 Å². The number of dihydropyridines is 1. The second-order valence-corrected chi connectivity index (χ2v) is 3.22. The summed E-state index contributed by atoms with van der Waals surface area (Å²) in [6.07, 6.45) is 3.26. The minimum Gasteiger partial charge on any atom is -0.295 e. The molecule has 0 aliphatic carbocycles. The zero-order valence-corrected chi connectivity index (χ0v) is 7.01. The molecule has 0 saturated carbocycles. The van der Waals surface area contributed by atoms with Gasteiger partial charge in [-0.3, -0.25) is 9.89 Å². The van der Waals surface area contributed by atoms with Crippen molar-refractivity contribution in [3.05, 3.63) is 11.1 Å². The molecule has 0 spiro atoms. The van der Waals surface area contributed by atoms with Gasteiger partial charge >= 0.3 is 0 Å². The van der Waals surface area contributed by atoms with E-state index < -0.39 is 0 Å². The summed E-state index contributed by atoms with van der Waals surface area (Å²) < 4.78 is 0. The fourth-order valence-electron chi connectivity index (χ4n) is 1.75. The highest BCUT2D eigenvalue weighted by molar-refractivity contribution is 5.82. The van der Waals surface area contributed by atoms with Crippen molar-refractivity contribution >= 4 is 6.21 Å². The van der Waals surface area contributed by atoms with Crippen LogP contribution in [0.15, 0.2) is 16.1 Å². The Kier molecular flexibility index (Phi) is 1.78. The standard InChI is InChI=1S/C9H14N2/c1-2-11-6-8-3-4-10-5-9(8)7-11/h5H,2-4,6-7H2,1H3. The van der Waals surface area contributed by atoms with Gasteiger partial charge in [0.2, 0.25) is 0 Å². The van der Waals surface area contributed by atoms with Crippen molar-refractivity contribution in [2.75, 3.05) is 26.2 Å². The van der Waals surface area contributed by atoms with Gasteiger partial charge in [0.25, 0.3) is 0 Å². The third kappa shape index (κ3) is 1.23. The normalized spacial score (nSPS) is 24.5. The van der Waals surface area contributed by atoms with Gasteiger partial charge < -0.3 is 0 Å². The fourth-order valence-corrected chi connectivity index (χ4v) is 1.75. The molecular weight excluding hydrogens is 136 g/mol. The van der Waals surface area contributed by atoms with E-state index in [0.717, 1.165) is 13.1 Å². The first-order valence-corrected chi connectivity index (χ1v) is 4.33. The van der Waals surface area contributed by atoms with Gasteiger partial charge in [-0.15, -0.1) is 0 Å². The maximum absolute atomic E-state index is 4.28. The van der Waals surface area contributed by atoms with E-state index in [1.54, 1.807) is 5.57 Å². The van der Waals surface area contributed by atoms with Crippen LogP contribution in [0.3, 0.4) is 0 Å². The molecule has 60 valence electrons. The minimum absolute atomic E-state index is 1.01. The maximum Gasteiger partial charge on any atom is 0.0427 e. The highest BCUT2D eigenvalue weighted by atomic mass is 15.1. The first-order chi connectivity index (χ1) is 5.40. The Morgan fingerprint density at radius 2 is 2.45 bits per heavy atom. The molecule has 0 saturated heterocycles. The molecule has 0 aromatic rings. The van der Waals surface area contributed by atoms with Gasteiger partial charge in [-0.05, 0) is 24.1 Å². The Morgan fingerprint density at radius 1 is 1.55 bits per heavy atom. The second-order valence-electron chi connectivity index (χ2n) is 3.22. The fraction of sp³-hybridized carbons (Fsp3) is 0.667. The van der Waals surface area contributed by atoms with Crippen LogP contribution in [-0.2, 0) is 0 Å². The lowest BCUT2D eigenvalue weighted by molar-refractivity contribution is 0.365. The summed E-state index contributed by atoms with van der Waals surface area (Å²) in [6.45, 7) is 6.72. The summed E-state index contributed by atoms with van der Waals surface area (Å²) in [5.41, 5.74) is 3.11. The molecule has 0 unspecified atom stereocenters. The van der Waals surface area contributed by atoms with E-state index in [1.165, 1.54) is 25.1 Å². The highest BCUT2D eigenvalue weighted by Crippen LogP contribution is 2.21. The Labute approximate surface area is 67.6 Å².